The number of nitrogens with one attached hydrogen (secondary N) is 1. The van der Waals surface area contributed by atoms with Crippen molar-refractivity contribution in [3.05, 3.63) is 71.6 Å². The van der Waals surface area contributed by atoms with Crippen molar-refractivity contribution in [3.8, 4) is 5.69 Å². The molecule has 1 atom stereocenters. The van der Waals surface area contributed by atoms with Crippen LogP contribution >= 0.6 is 0 Å². The second-order valence-electron chi connectivity index (χ2n) is 6.26. The zero-order chi connectivity index (χ0) is 25.8. The molecular weight excluding hydrogens is 546 g/mol. The molecule has 1 amide bonds. The summed E-state index contributed by atoms with van der Waals surface area (Å²) in [7, 11) is 0. The summed E-state index contributed by atoms with van der Waals surface area (Å²) in [5.74, 6) is -9.67. The molecule has 0 aliphatic carbocycles. The smallest absolute Gasteiger partial charge is 0.235 e. The average molecular weight is 559 g/mol. The fourth-order valence-corrected chi connectivity index (χ4v) is 3.89. The predicted molar refractivity (Wildman–Crippen MR) is 101 cm³/mol. The van der Waals surface area contributed by atoms with Crippen LogP contribution in [0.25, 0.3) is 5.69 Å². The van der Waals surface area contributed by atoms with Crippen LogP contribution in [-0.2, 0) is 18.6 Å². The Balaban J connectivity index is 0.000000248. The van der Waals surface area contributed by atoms with Crippen LogP contribution in [0, 0.1) is 23.3 Å². The van der Waals surface area contributed by atoms with Crippen LogP contribution < -0.4 is 9.67 Å². The molecule has 2 aromatic carbocycles. The summed E-state index contributed by atoms with van der Waals surface area (Å²) in [6.45, 7) is 1.32. The van der Waals surface area contributed by atoms with Crippen LogP contribution in [0.4, 0.5) is 36.4 Å². The van der Waals surface area contributed by atoms with Gasteiger partial charge in [0.05, 0.1) is 0 Å². The minimum absolute atomic E-state index is 0.0399. The van der Waals surface area contributed by atoms with Crippen LogP contribution in [0.2, 0.25) is 0 Å². The molecular formula is C18H13AsF7N3O5. The Morgan fingerprint density at radius 3 is 2.12 bits per heavy atom. The van der Waals surface area contributed by atoms with Crippen molar-refractivity contribution >= 4 is 30.1 Å². The molecule has 1 heterocycles. The number of hydrogen-bond acceptors (Lipinski definition) is 5. The van der Waals surface area contributed by atoms with Gasteiger partial charge in [0.15, 0.2) is 23.3 Å². The van der Waals surface area contributed by atoms with Gasteiger partial charge in [-0.3, -0.25) is 0 Å². The molecule has 3 aromatic rings. The summed E-state index contributed by atoms with van der Waals surface area (Å²) >= 11 is -4.83. The minimum atomic E-state index is -5.56. The Morgan fingerprint density at radius 1 is 1.09 bits per heavy atom. The zero-order valence-electron chi connectivity index (χ0n) is 16.6. The summed E-state index contributed by atoms with van der Waals surface area (Å²) in [5, 5.41) is 14.0. The summed E-state index contributed by atoms with van der Waals surface area (Å²) in [6, 6.07) is 6.81. The first-order chi connectivity index (χ1) is 15.7. The van der Waals surface area contributed by atoms with E-state index in [2.05, 4.69) is 14.3 Å². The maximum atomic E-state index is 13.5. The maximum absolute atomic E-state index is 13.5. The Hall–Kier alpha value is -3.13. The van der Waals surface area contributed by atoms with Gasteiger partial charge in [0.1, 0.15) is 11.3 Å². The molecule has 16 heteroatoms. The van der Waals surface area contributed by atoms with Crippen molar-refractivity contribution in [2.45, 2.75) is 13.1 Å². The number of carbonyl (C=O) groups excluding carboxylic acids is 1. The summed E-state index contributed by atoms with van der Waals surface area (Å²) in [4.78, 5) is 10.7. The molecule has 0 saturated heterocycles. The predicted octanol–water partition coefficient (Wildman–Crippen LogP) is 3.15. The summed E-state index contributed by atoms with van der Waals surface area (Å²) in [6.07, 6.45) is -3.60. The molecule has 0 radical (unpaired) electrons. The topological polar surface area (TPSA) is 114 Å². The molecule has 0 aliphatic heterocycles. The largest absolute Gasteiger partial charge is 0.422 e. The number of rotatable bonds is 4. The van der Waals surface area contributed by atoms with E-state index >= 15 is 0 Å². The summed E-state index contributed by atoms with van der Waals surface area (Å²) < 4.78 is 115. The van der Waals surface area contributed by atoms with Gasteiger partial charge in [-0.05, 0) is 6.07 Å². The number of anilines is 1. The van der Waals surface area contributed by atoms with E-state index in [1.807, 2.05) is 0 Å². The van der Waals surface area contributed by atoms with Crippen molar-refractivity contribution in [2.75, 3.05) is 5.32 Å². The van der Waals surface area contributed by atoms with Crippen molar-refractivity contribution in [2.24, 2.45) is 0 Å². The minimum Gasteiger partial charge on any atom is -0.235 e. The third kappa shape index (κ3) is 6.05. The number of benzene rings is 2. The number of nitrogens with zero attached hydrogens (tertiary/aromatic N) is 2. The first-order valence-electron chi connectivity index (χ1n) is 8.68. The van der Waals surface area contributed by atoms with Crippen molar-refractivity contribution in [3.63, 3.8) is 0 Å². The van der Waals surface area contributed by atoms with E-state index in [0.29, 0.717) is 10.4 Å². The molecule has 184 valence electrons. The Kier molecular flexibility index (Phi) is 8.31. The number of hydrogen-bond donors (Lipinski definition) is 3. The maximum Gasteiger partial charge on any atom is 0.422 e. The molecule has 8 nitrogen and oxygen atoms in total. The second-order valence-corrected chi connectivity index (χ2v) is 9.87. The molecule has 0 aliphatic rings. The first-order valence-corrected chi connectivity index (χ1v) is 12.0. The quantitative estimate of drug-likeness (QED) is 0.149. The molecule has 34 heavy (non-hydrogen) atoms. The van der Waals surface area contributed by atoms with Gasteiger partial charge in [-0.25, -0.2) is 22.2 Å². The monoisotopic (exact) mass is 559 g/mol. The molecule has 3 rings (SSSR count). The molecule has 0 spiro atoms. The van der Waals surface area contributed by atoms with Gasteiger partial charge in [0, 0.05) is 12.4 Å². The van der Waals surface area contributed by atoms with Crippen LogP contribution in [0.5, 0.6) is 0 Å². The Bertz CT molecular complexity index is 1210. The van der Waals surface area contributed by atoms with E-state index < -0.39 is 54.9 Å². The molecule has 0 bridgehead atoms. The van der Waals surface area contributed by atoms with Crippen molar-refractivity contribution < 1.29 is 52.5 Å². The second kappa shape index (κ2) is 10.4. The Morgan fingerprint density at radius 2 is 1.68 bits per heavy atom. The van der Waals surface area contributed by atoms with Crippen molar-refractivity contribution in [1.29, 1.82) is 0 Å². The number of carbonyl (C=O) groups is 1. The van der Waals surface area contributed by atoms with E-state index in [1.54, 1.807) is 6.07 Å². The van der Waals surface area contributed by atoms with Gasteiger partial charge in [-0.2, -0.15) is 18.3 Å². The number of amides is 1. The fourth-order valence-electron chi connectivity index (χ4n) is 2.48. The van der Waals surface area contributed by atoms with E-state index in [0.717, 1.165) is 12.4 Å². The van der Waals surface area contributed by atoms with Crippen LogP contribution in [0.15, 0.2) is 42.7 Å². The van der Waals surface area contributed by atoms with Crippen LogP contribution in [-0.4, -0.2) is 39.2 Å². The van der Waals surface area contributed by atoms with Crippen LogP contribution in [0.3, 0.4) is 0 Å². The molecule has 0 fully saturated rings. The van der Waals surface area contributed by atoms with E-state index in [4.69, 9.17) is 5.26 Å². The van der Waals surface area contributed by atoms with Gasteiger partial charge >= 0.3 is 94.6 Å². The SMILES string of the molecule is CC(=O)Nc1cccc([As](=O)(O)OO)c1.Fc1c(F)c(C(F)(F)F)c(F)c(F)c1-n1cccn1. The molecule has 1 aromatic heterocycles. The van der Waals surface area contributed by atoms with Crippen LogP contribution in [0.1, 0.15) is 12.5 Å². The molecule has 0 saturated carbocycles. The average Bonchev–Trinajstić information content (AvgIpc) is 3.26. The van der Waals surface area contributed by atoms with E-state index in [1.165, 1.54) is 31.2 Å². The normalized spacial score (nSPS) is 13.0. The number of halogens is 7. The van der Waals surface area contributed by atoms with Gasteiger partial charge in [-0.1, -0.05) is 0 Å². The van der Waals surface area contributed by atoms with Gasteiger partial charge in [0.2, 0.25) is 0 Å². The standard InChI is InChI=1S/C10H3F7N2.C8H10AsNO5/c11-5-4(10(15,16)17)6(12)8(14)9(7(5)13)19-3-1-2-18-19;1-6(11)10-8-4-2-3-7(5-8)9(12,13)15-14/h1-3H;2-5,14H,1H3,(H,10,11)(H,12,13). The molecule has 3 N–H and O–H groups in total. The third-order valence-corrected chi connectivity index (χ3v) is 6.28. The zero-order valence-corrected chi connectivity index (χ0v) is 18.5. The van der Waals surface area contributed by atoms with E-state index in [-0.39, 0.29) is 10.3 Å². The van der Waals surface area contributed by atoms with Crippen molar-refractivity contribution in [1.82, 2.24) is 9.78 Å². The van der Waals surface area contributed by atoms with E-state index in [9.17, 15) is 43.4 Å². The number of alkyl halides is 3. The van der Waals surface area contributed by atoms with Gasteiger partial charge < -0.3 is 0 Å². The third-order valence-electron chi connectivity index (χ3n) is 3.86. The summed E-state index contributed by atoms with van der Waals surface area (Å²) in [5.41, 5.74) is -3.60. The van der Waals surface area contributed by atoms with Gasteiger partial charge in [0.25, 0.3) is 0 Å². The molecule has 1 unspecified atom stereocenters. The van der Waals surface area contributed by atoms with Gasteiger partial charge in [-0.15, -0.1) is 0 Å². The number of aromatic nitrogens is 2. The fraction of sp³-hybridized carbons (Fsp3) is 0.111. The Labute approximate surface area is 188 Å². The first kappa shape index (κ1) is 27.1.